The van der Waals surface area contributed by atoms with Crippen molar-refractivity contribution in [1.29, 1.82) is 0 Å². The number of nitrogens with one attached hydrogen (secondary N) is 1. The highest BCUT2D eigenvalue weighted by atomic mass is 16.5. The Balaban J connectivity index is 3.61. The minimum absolute atomic E-state index is 0.0251. The fourth-order valence-corrected chi connectivity index (χ4v) is 0.405. The molecule has 0 unspecified atom stereocenters. The lowest BCUT2D eigenvalue weighted by Gasteiger charge is -2.22. The van der Waals surface area contributed by atoms with E-state index in [4.69, 9.17) is 10.6 Å². The Bertz CT molecular complexity index is 134. The number of hydrazine groups is 1. The van der Waals surface area contributed by atoms with Gasteiger partial charge in [0.2, 0.25) is 0 Å². The normalized spacial score (nSPS) is 11.3. The van der Waals surface area contributed by atoms with Crippen molar-refractivity contribution < 1.29 is 9.53 Å². The third-order valence-corrected chi connectivity index (χ3v) is 1.61. The van der Waals surface area contributed by atoms with Gasteiger partial charge < -0.3 is 4.74 Å². The van der Waals surface area contributed by atoms with Gasteiger partial charge in [-0.05, 0) is 20.3 Å². The van der Waals surface area contributed by atoms with Crippen molar-refractivity contribution in [3.63, 3.8) is 0 Å². The van der Waals surface area contributed by atoms with Crippen molar-refractivity contribution in [2.45, 2.75) is 32.8 Å². The van der Waals surface area contributed by atoms with Crippen LogP contribution >= 0.6 is 0 Å². The molecule has 0 aromatic carbocycles. The summed E-state index contributed by atoms with van der Waals surface area (Å²) in [5.41, 5.74) is 1.75. The first-order valence-corrected chi connectivity index (χ1v) is 3.65. The summed E-state index contributed by atoms with van der Waals surface area (Å²) in [6.07, 6.45) is 0.866. The zero-order valence-corrected chi connectivity index (χ0v) is 7.31. The van der Waals surface area contributed by atoms with Crippen LogP contribution < -0.4 is 11.3 Å². The molecular formula is C7H16N2O2. The minimum Gasteiger partial charge on any atom is -0.366 e. The first kappa shape index (κ1) is 10.4. The van der Waals surface area contributed by atoms with Crippen molar-refractivity contribution in [3.05, 3.63) is 0 Å². The fourth-order valence-electron chi connectivity index (χ4n) is 0.405. The summed E-state index contributed by atoms with van der Waals surface area (Å²) in [5.74, 6) is 4.56. The van der Waals surface area contributed by atoms with Crippen LogP contribution in [0.5, 0.6) is 0 Å². The van der Waals surface area contributed by atoms with Crippen LogP contribution in [0.2, 0.25) is 0 Å². The van der Waals surface area contributed by atoms with Crippen LogP contribution in [-0.4, -0.2) is 18.1 Å². The van der Waals surface area contributed by atoms with Crippen LogP contribution in [0.25, 0.3) is 0 Å². The van der Waals surface area contributed by atoms with Gasteiger partial charge in [0.25, 0.3) is 5.91 Å². The number of carbonyl (C=O) groups is 1. The molecule has 0 aliphatic carbocycles. The molecule has 0 aromatic rings. The molecule has 0 atom stereocenters. The molecule has 0 bridgehead atoms. The first-order valence-electron chi connectivity index (χ1n) is 3.65. The summed E-state index contributed by atoms with van der Waals surface area (Å²) in [4.78, 5) is 10.6. The molecule has 0 radical (unpaired) electrons. The molecule has 0 saturated carbocycles. The number of amides is 1. The van der Waals surface area contributed by atoms with E-state index in [1.165, 1.54) is 0 Å². The van der Waals surface area contributed by atoms with E-state index in [0.29, 0.717) is 0 Å². The average Bonchev–Trinajstić information content (AvgIpc) is 2.00. The van der Waals surface area contributed by atoms with Crippen LogP contribution in [-0.2, 0) is 9.53 Å². The van der Waals surface area contributed by atoms with Gasteiger partial charge in [-0.2, -0.15) is 0 Å². The topological polar surface area (TPSA) is 64.3 Å². The number of ether oxygens (including phenoxy) is 1. The molecule has 0 rings (SSSR count). The smallest absolute Gasteiger partial charge is 0.259 e. The molecule has 0 aliphatic heterocycles. The summed E-state index contributed by atoms with van der Waals surface area (Å²) in [5, 5.41) is 0. The molecule has 0 heterocycles. The van der Waals surface area contributed by atoms with Crippen molar-refractivity contribution >= 4 is 5.91 Å². The second kappa shape index (κ2) is 4.31. The predicted molar refractivity (Wildman–Crippen MR) is 42.7 cm³/mol. The third-order valence-electron chi connectivity index (χ3n) is 1.61. The van der Waals surface area contributed by atoms with Gasteiger partial charge in [0, 0.05) is 0 Å². The Kier molecular flexibility index (Phi) is 4.07. The largest absolute Gasteiger partial charge is 0.366 e. The molecule has 66 valence electrons. The van der Waals surface area contributed by atoms with E-state index in [-0.39, 0.29) is 18.1 Å². The molecule has 1 amide bonds. The molecular weight excluding hydrogens is 144 g/mol. The zero-order chi connectivity index (χ0) is 8.91. The van der Waals surface area contributed by atoms with Crippen LogP contribution in [0.15, 0.2) is 0 Å². The Morgan fingerprint density at radius 2 is 2.18 bits per heavy atom. The molecule has 0 aliphatic rings. The molecule has 4 heteroatoms. The van der Waals surface area contributed by atoms with Crippen LogP contribution in [0.4, 0.5) is 0 Å². The maximum absolute atomic E-state index is 10.6. The number of hydrogen-bond acceptors (Lipinski definition) is 3. The first-order chi connectivity index (χ1) is 5.02. The third kappa shape index (κ3) is 4.75. The lowest BCUT2D eigenvalue weighted by atomic mass is 10.1. The summed E-state index contributed by atoms with van der Waals surface area (Å²) in [6, 6.07) is 0. The van der Waals surface area contributed by atoms with Crippen molar-refractivity contribution in [2.75, 3.05) is 6.61 Å². The molecule has 11 heavy (non-hydrogen) atoms. The summed E-state index contributed by atoms with van der Waals surface area (Å²) in [6.45, 7) is 5.88. The maximum Gasteiger partial charge on any atom is 0.259 e. The number of hydrogen-bond donors (Lipinski definition) is 2. The number of carbonyl (C=O) groups excluding carboxylic acids is 1. The number of nitrogens with two attached hydrogens (primary N) is 1. The Hall–Kier alpha value is -0.610. The van der Waals surface area contributed by atoms with E-state index in [2.05, 4.69) is 0 Å². The SMILES string of the molecule is CCC(C)(C)OCC(=O)NN. The molecule has 0 aromatic heterocycles. The molecule has 0 saturated heterocycles. The van der Waals surface area contributed by atoms with Crippen molar-refractivity contribution in [2.24, 2.45) is 5.84 Å². The highest BCUT2D eigenvalue weighted by molar-refractivity contribution is 5.76. The number of rotatable bonds is 4. The van der Waals surface area contributed by atoms with Gasteiger partial charge in [0.05, 0.1) is 5.60 Å². The van der Waals surface area contributed by atoms with Crippen molar-refractivity contribution in [1.82, 2.24) is 5.43 Å². The van der Waals surface area contributed by atoms with Gasteiger partial charge in [-0.25, -0.2) is 5.84 Å². The van der Waals surface area contributed by atoms with Gasteiger partial charge in [-0.1, -0.05) is 6.92 Å². The van der Waals surface area contributed by atoms with Gasteiger partial charge in [0.15, 0.2) is 0 Å². The zero-order valence-electron chi connectivity index (χ0n) is 7.31. The highest BCUT2D eigenvalue weighted by Crippen LogP contribution is 2.12. The minimum atomic E-state index is -0.300. The van der Waals surface area contributed by atoms with E-state index in [0.717, 1.165) is 6.42 Å². The fraction of sp³-hybridized carbons (Fsp3) is 0.857. The average molecular weight is 160 g/mol. The van der Waals surface area contributed by atoms with Gasteiger partial charge in [-0.15, -0.1) is 0 Å². The Morgan fingerprint density at radius 1 is 1.64 bits per heavy atom. The van der Waals surface area contributed by atoms with Gasteiger partial charge >= 0.3 is 0 Å². The highest BCUT2D eigenvalue weighted by Gasteiger charge is 2.16. The lowest BCUT2D eigenvalue weighted by Crippen LogP contribution is -2.36. The van der Waals surface area contributed by atoms with E-state index >= 15 is 0 Å². The van der Waals surface area contributed by atoms with E-state index < -0.39 is 0 Å². The van der Waals surface area contributed by atoms with Crippen LogP contribution in [0.1, 0.15) is 27.2 Å². The molecule has 3 N–H and O–H groups in total. The van der Waals surface area contributed by atoms with Crippen LogP contribution in [0.3, 0.4) is 0 Å². The van der Waals surface area contributed by atoms with Crippen LogP contribution in [0, 0.1) is 0 Å². The van der Waals surface area contributed by atoms with E-state index in [9.17, 15) is 4.79 Å². The lowest BCUT2D eigenvalue weighted by molar-refractivity contribution is -0.131. The quantitative estimate of drug-likeness (QED) is 0.350. The second-order valence-corrected chi connectivity index (χ2v) is 2.97. The molecule has 0 fully saturated rings. The molecule has 4 nitrogen and oxygen atoms in total. The summed E-state index contributed by atoms with van der Waals surface area (Å²) >= 11 is 0. The summed E-state index contributed by atoms with van der Waals surface area (Å²) in [7, 11) is 0. The maximum atomic E-state index is 10.6. The van der Waals surface area contributed by atoms with Gasteiger partial charge in [0.1, 0.15) is 6.61 Å². The summed E-state index contributed by atoms with van der Waals surface area (Å²) < 4.78 is 5.24. The predicted octanol–water partition coefficient (Wildman–Crippen LogP) is 0.181. The molecule has 0 spiro atoms. The van der Waals surface area contributed by atoms with E-state index in [1.807, 2.05) is 26.2 Å². The van der Waals surface area contributed by atoms with Crippen molar-refractivity contribution in [3.8, 4) is 0 Å². The monoisotopic (exact) mass is 160 g/mol. The Morgan fingerprint density at radius 3 is 2.55 bits per heavy atom. The second-order valence-electron chi connectivity index (χ2n) is 2.97. The standard InChI is InChI=1S/C7H16N2O2/c1-4-7(2,3)11-5-6(10)9-8/h4-5,8H2,1-3H3,(H,9,10). The van der Waals surface area contributed by atoms with E-state index in [1.54, 1.807) is 0 Å². The van der Waals surface area contributed by atoms with Gasteiger partial charge in [-0.3, -0.25) is 10.2 Å². The Labute approximate surface area is 67.1 Å².